The number of anilines is 1. The van der Waals surface area contributed by atoms with Crippen molar-refractivity contribution in [2.24, 2.45) is 0 Å². The molecule has 3 heterocycles. The number of ether oxygens (including phenoxy) is 1. The Kier molecular flexibility index (Phi) is 8.43. The van der Waals surface area contributed by atoms with Gasteiger partial charge in [-0.3, -0.25) is 25.2 Å². The van der Waals surface area contributed by atoms with Crippen LogP contribution in [-0.2, 0) is 0 Å². The molecule has 0 spiro atoms. The normalized spacial score (nSPS) is 15.9. The van der Waals surface area contributed by atoms with Crippen LogP contribution in [0, 0.1) is 34.1 Å². The van der Waals surface area contributed by atoms with E-state index in [4.69, 9.17) is 17.0 Å². The summed E-state index contributed by atoms with van der Waals surface area (Å²) in [4.78, 5) is 30.4. The van der Waals surface area contributed by atoms with Crippen LogP contribution in [0.2, 0.25) is 0 Å². The van der Waals surface area contributed by atoms with E-state index in [0.29, 0.717) is 16.5 Å². The van der Waals surface area contributed by atoms with E-state index in [1.54, 1.807) is 31.5 Å². The van der Waals surface area contributed by atoms with Gasteiger partial charge < -0.3 is 19.5 Å². The third-order valence-corrected chi connectivity index (χ3v) is 9.23. The topological polar surface area (TPSA) is 129 Å². The molecule has 232 valence electrons. The van der Waals surface area contributed by atoms with Crippen LogP contribution in [0.5, 0.6) is 5.75 Å². The van der Waals surface area contributed by atoms with E-state index in [2.05, 4.69) is 21.3 Å². The number of nitrogens with one attached hydrogen (secondary N) is 1. The molecule has 0 unspecified atom stereocenters. The molecule has 1 aliphatic heterocycles. The van der Waals surface area contributed by atoms with Gasteiger partial charge in [0.25, 0.3) is 11.4 Å². The van der Waals surface area contributed by atoms with Crippen molar-refractivity contribution in [3.8, 4) is 11.4 Å². The lowest BCUT2D eigenvalue weighted by atomic mass is 9.96. The Labute approximate surface area is 274 Å². The molecule has 0 aliphatic carbocycles. The van der Waals surface area contributed by atoms with Gasteiger partial charge in [0, 0.05) is 57.3 Å². The second kappa shape index (κ2) is 12.6. The number of nitrogens with zero attached hydrogens (tertiary/aromatic N) is 5. The average molecular weight is 653 g/mol. The van der Waals surface area contributed by atoms with Gasteiger partial charge in [-0.05, 0) is 92.3 Å². The molecule has 1 saturated heterocycles. The zero-order valence-electron chi connectivity index (χ0n) is 25.0. The van der Waals surface area contributed by atoms with E-state index in [0.717, 1.165) is 38.1 Å². The number of hydrogen-bond donors (Lipinski definition) is 1. The molecular formula is C33H28N6O5S2. The van der Waals surface area contributed by atoms with E-state index >= 15 is 0 Å². The standard InChI is InChI=1S/C33H28N6O5S2/c1-20-18-27(21(2)36(20)29-19-24(39(42)43)11-16-30(29)44-3)32-31(28-6-4-5-17-34-28)35-33(45)37(32)22-7-12-25(13-8-22)46-26-14-9-23(10-15-26)38(40)41/h4-19,31-32H,1-3H3,(H,35,45)/t31-,32+/m0/s1. The lowest BCUT2D eigenvalue weighted by Crippen LogP contribution is -2.29. The molecule has 0 amide bonds. The maximum Gasteiger partial charge on any atom is 0.271 e. The Bertz CT molecular complexity index is 1950. The number of aryl methyl sites for hydroxylation is 1. The van der Waals surface area contributed by atoms with E-state index in [1.807, 2.05) is 60.9 Å². The van der Waals surface area contributed by atoms with Crippen molar-refractivity contribution < 1.29 is 14.6 Å². The van der Waals surface area contributed by atoms with Gasteiger partial charge in [-0.15, -0.1) is 0 Å². The molecule has 0 radical (unpaired) electrons. The number of methoxy groups -OCH3 is 1. The molecule has 1 fully saturated rings. The van der Waals surface area contributed by atoms with Crippen molar-refractivity contribution >= 4 is 46.2 Å². The number of aromatic nitrogens is 2. The van der Waals surface area contributed by atoms with Crippen LogP contribution in [0.4, 0.5) is 17.1 Å². The highest BCUT2D eigenvalue weighted by atomic mass is 32.2. The number of nitro groups is 2. The molecule has 2 aromatic heterocycles. The number of hydrogen-bond acceptors (Lipinski definition) is 8. The van der Waals surface area contributed by atoms with Gasteiger partial charge in [0.05, 0.1) is 40.4 Å². The first-order valence-corrected chi connectivity index (χ1v) is 15.4. The van der Waals surface area contributed by atoms with Crippen molar-refractivity contribution in [1.29, 1.82) is 0 Å². The predicted octanol–water partition coefficient (Wildman–Crippen LogP) is 7.64. The SMILES string of the molecule is COc1ccc([N+](=O)[O-])cc1-n1c(C)cc([C@@H]2[C@H](c3ccccn3)NC(=S)N2c2ccc(Sc3ccc([N+](=O)[O-])cc3)cc2)c1C. The quantitative estimate of drug-likeness (QED) is 0.0963. The van der Waals surface area contributed by atoms with Gasteiger partial charge in [0.2, 0.25) is 0 Å². The Hall–Kier alpha value is -5.27. The van der Waals surface area contributed by atoms with E-state index in [1.165, 1.54) is 36.0 Å². The Morgan fingerprint density at radius 3 is 2.15 bits per heavy atom. The fourth-order valence-corrected chi connectivity index (χ4v) is 6.98. The molecule has 3 aromatic carbocycles. The summed E-state index contributed by atoms with van der Waals surface area (Å²) in [5, 5.41) is 26.7. The van der Waals surface area contributed by atoms with Crippen LogP contribution in [0.3, 0.4) is 0 Å². The summed E-state index contributed by atoms with van der Waals surface area (Å²) >= 11 is 7.44. The molecule has 0 bridgehead atoms. The highest BCUT2D eigenvalue weighted by molar-refractivity contribution is 7.99. The number of rotatable bonds is 9. The van der Waals surface area contributed by atoms with Crippen molar-refractivity contribution in [2.75, 3.05) is 12.0 Å². The predicted molar refractivity (Wildman–Crippen MR) is 180 cm³/mol. The maximum atomic E-state index is 11.7. The fraction of sp³-hybridized carbons (Fsp3) is 0.152. The maximum absolute atomic E-state index is 11.7. The van der Waals surface area contributed by atoms with Crippen LogP contribution in [0.1, 0.15) is 34.7 Å². The first kappa shape index (κ1) is 30.7. The van der Waals surface area contributed by atoms with Crippen LogP contribution in [0.15, 0.2) is 107 Å². The van der Waals surface area contributed by atoms with Crippen LogP contribution in [-0.4, -0.2) is 31.6 Å². The number of thiocarbonyl (C=S) groups is 1. The zero-order valence-corrected chi connectivity index (χ0v) is 26.6. The molecule has 0 saturated carbocycles. The van der Waals surface area contributed by atoms with Crippen LogP contribution in [0.25, 0.3) is 5.69 Å². The minimum Gasteiger partial charge on any atom is -0.495 e. The molecule has 1 N–H and O–H groups in total. The second-order valence-electron chi connectivity index (χ2n) is 10.6. The zero-order chi connectivity index (χ0) is 32.5. The summed E-state index contributed by atoms with van der Waals surface area (Å²) in [7, 11) is 1.54. The molecule has 5 aromatic rings. The highest BCUT2D eigenvalue weighted by Gasteiger charge is 2.42. The first-order valence-electron chi connectivity index (χ1n) is 14.2. The van der Waals surface area contributed by atoms with E-state index in [9.17, 15) is 20.2 Å². The van der Waals surface area contributed by atoms with Gasteiger partial charge in [-0.2, -0.15) is 0 Å². The van der Waals surface area contributed by atoms with Crippen molar-refractivity contribution in [1.82, 2.24) is 14.9 Å². The van der Waals surface area contributed by atoms with Crippen LogP contribution < -0.4 is 15.0 Å². The molecule has 11 nitrogen and oxygen atoms in total. The van der Waals surface area contributed by atoms with Gasteiger partial charge in [-0.1, -0.05) is 17.8 Å². The van der Waals surface area contributed by atoms with E-state index in [-0.39, 0.29) is 23.5 Å². The Morgan fingerprint density at radius 1 is 0.891 bits per heavy atom. The summed E-state index contributed by atoms with van der Waals surface area (Å²) in [6.07, 6.45) is 1.75. The van der Waals surface area contributed by atoms with Crippen molar-refractivity contribution in [3.63, 3.8) is 0 Å². The lowest BCUT2D eigenvalue weighted by Gasteiger charge is -2.28. The summed E-state index contributed by atoms with van der Waals surface area (Å²) in [6.45, 7) is 3.94. The van der Waals surface area contributed by atoms with Gasteiger partial charge in [0.1, 0.15) is 5.75 Å². The monoisotopic (exact) mass is 652 g/mol. The summed E-state index contributed by atoms with van der Waals surface area (Å²) < 4.78 is 7.59. The smallest absolute Gasteiger partial charge is 0.271 e. The fourth-order valence-electron chi connectivity index (χ4n) is 5.82. The first-order chi connectivity index (χ1) is 22.2. The number of pyridine rings is 1. The van der Waals surface area contributed by atoms with Crippen LogP contribution >= 0.6 is 24.0 Å². The summed E-state index contributed by atoms with van der Waals surface area (Å²) in [6, 6.07) is 26.2. The third kappa shape index (κ3) is 5.77. The Balaban J connectivity index is 1.41. The van der Waals surface area contributed by atoms with E-state index < -0.39 is 9.85 Å². The minimum atomic E-state index is -0.417. The minimum absolute atomic E-state index is 0.0340. The second-order valence-corrected chi connectivity index (χ2v) is 12.2. The summed E-state index contributed by atoms with van der Waals surface area (Å²) in [5.74, 6) is 0.512. The van der Waals surface area contributed by atoms with Gasteiger partial charge in [0.15, 0.2) is 5.11 Å². The van der Waals surface area contributed by atoms with Gasteiger partial charge >= 0.3 is 0 Å². The number of non-ortho nitro benzene ring substituents is 2. The molecule has 13 heteroatoms. The Morgan fingerprint density at radius 2 is 1.54 bits per heavy atom. The molecule has 46 heavy (non-hydrogen) atoms. The average Bonchev–Trinajstić information content (AvgIpc) is 3.55. The molecular weight excluding hydrogens is 625 g/mol. The lowest BCUT2D eigenvalue weighted by molar-refractivity contribution is -0.385. The van der Waals surface area contributed by atoms with Gasteiger partial charge in [-0.25, -0.2) is 0 Å². The molecule has 1 aliphatic rings. The molecule has 6 rings (SSSR count). The largest absolute Gasteiger partial charge is 0.495 e. The number of nitro benzene ring substituents is 2. The molecule has 2 atom stereocenters. The number of benzene rings is 3. The highest BCUT2D eigenvalue weighted by Crippen LogP contribution is 2.45. The third-order valence-electron chi connectivity index (χ3n) is 7.90. The van der Waals surface area contributed by atoms with Crippen molar-refractivity contribution in [3.05, 3.63) is 140 Å². The summed E-state index contributed by atoms with van der Waals surface area (Å²) in [5.41, 5.74) is 4.99. The van der Waals surface area contributed by atoms with Crippen molar-refractivity contribution in [2.45, 2.75) is 35.7 Å².